The Balaban J connectivity index is 1.23. The van der Waals surface area contributed by atoms with Gasteiger partial charge in [0.25, 0.3) is 5.91 Å². The van der Waals surface area contributed by atoms with Gasteiger partial charge < -0.3 is 14.5 Å². The molecule has 6 rings (SSSR count). The number of carbonyl (C=O) groups excluding carboxylic acids is 2. The minimum absolute atomic E-state index is 0.101. The smallest absolute Gasteiger partial charge is 0.418 e. The minimum atomic E-state index is -4.75. The van der Waals surface area contributed by atoms with Crippen LogP contribution in [0.1, 0.15) is 53.4 Å². The summed E-state index contributed by atoms with van der Waals surface area (Å²) in [5, 5.41) is 4.22. The predicted molar refractivity (Wildman–Crippen MR) is 182 cm³/mol. The molecule has 0 unspecified atom stereocenters. The van der Waals surface area contributed by atoms with Crippen LogP contribution in [0.3, 0.4) is 0 Å². The first-order valence-corrected chi connectivity index (χ1v) is 16.3. The third-order valence-corrected chi connectivity index (χ3v) is 8.33. The molecule has 0 radical (unpaired) electrons. The molecule has 0 aliphatic carbocycles. The van der Waals surface area contributed by atoms with E-state index in [0.29, 0.717) is 60.6 Å². The van der Waals surface area contributed by atoms with E-state index in [1.165, 1.54) is 12.1 Å². The number of piperazine rings is 1. The van der Waals surface area contributed by atoms with Gasteiger partial charge in [0.05, 0.1) is 17.8 Å². The van der Waals surface area contributed by atoms with Crippen LogP contribution in [0.25, 0.3) is 22.2 Å². The number of nitrogens with zero attached hydrogens (tertiary/aromatic N) is 4. The Kier molecular flexibility index (Phi) is 9.77. The second kappa shape index (κ2) is 14.1. The second-order valence-electron chi connectivity index (χ2n) is 13.2. The van der Waals surface area contributed by atoms with E-state index in [1.807, 2.05) is 0 Å². The molecule has 1 saturated heterocycles. The van der Waals surface area contributed by atoms with Crippen LogP contribution in [0.15, 0.2) is 78.9 Å². The van der Waals surface area contributed by atoms with Crippen LogP contribution in [-0.4, -0.2) is 63.4 Å². The molecule has 52 heavy (non-hydrogen) atoms. The number of halogens is 6. The highest BCUT2D eigenvalue weighted by Gasteiger charge is 2.35. The van der Waals surface area contributed by atoms with Crippen molar-refractivity contribution in [3.05, 3.63) is 124 Å². The van der Waals surface area contributed by atoms with Crippen molar-refractivity contribution in [2.24, 2.45) is 0 Å². The average molecular weight is 719 g/mol. The molecular formula is C39H32F6N4O3. The van der Waals surface area contributed by atoms with Crippen molar-refractivity contribution in [1.82, 2.24) is 19.6 Å². The van der Waals surface area contributed by atoms with Crippen LogP contribution in [0.5, 0.6) is 0 Å². The molecule has 2 amide bonds. The molecular weight excluding hydrogens is 686 g/mol. The van der Waals surface area contributed by atoms with Crippen LogP contribution in [0, 0.1) is 29.3 Å². The van der Waals surface area contributed by atoms with Gasteiger partial charge in [0.1, 0.15) is 28.6 Å². The van der Waals surface area contributed by atoms with Gasteiger partial charge in [-0.15, -0.1) is 0 Å². The number of amides is 2. The van der Waals surface area contributed by atoms with E-state index in [4.69, 9.17) is 4.74 Å². The van der Waals surface area contributed by atoms with Crippen molar-refractivity contribution in [2.45, 2.75) is 39.1 Å². The summed E-state index contributed by atoms with van der Waals surface area (Å²) in [4.78, 5) is 28.9. The lowest BCUT2D eigenvalue weighted by Crippen LogP contribution is -2.51. The summed E-state index contributed by atoms with van der Waals surface area (Å²) in [5.41, 5.74) is -0.499. The highest BCUT2D eigenvalue weighted by atomic mass is 19.4. The Morgan fingerprint density at radius 3 is 2.04 bits per heavy atom. The van der Waals surface area contributed by atoms with Gasteiger partial charge in [0, 0.05) is 71.5 Å². The fourth-order valence-electron chi connectivity index (χ4n) is 5.86. The van der Waals surface area contributed by atoms with Crippen LogP contribution in [-0.2, 0) is 17.5 Å². The fraction of sp³-hybridized carbons (Fsp3) is 0.256. The lowest BCUT2D eigenvalue weighted by Gasteiger charge is -2.35. The summed E-state index contributed by atoms with van der Waals surface area (Å²) in [6.45, 7) is 6.15. The molecule has 13 heteroatoms. The molecule has 1 aromatic heterocycles. The largest absolute Gasteiger partial charge is 0.444 e. The zero-order valence-corrected chi connectivity index (χ0v) is 28.3. The monoisotopic (exact) mass is 718 g/mol. The summed E-state index contributed by atoms with van der Waals surface area (Å²) >= 11 is 0. The SMILES string of the molecule is CC(C)(C)OC(=O)N1CCN(C(=O)c2cccc(C#Cc3ccc(-c4c5cccc(C(F)(F)F)c5nn4Cc4c(F)cc(F)cc4F)cc3)c2)CC1. The van der Waals surface area contributed by atoms with Crippen LogP contribution >= 0.6 is 0 Å². The Bertz CT molecular complexity index is 2200. The Morgan fingerprint density at radius 1 is 0.788 bits per heavy atom. The first kappa shape index (κ1) is 36.0. The van der Waals surface area contributed by atoms with Gasteiger partial charge in [0.15, 0.2) is 0 Å². The molecule has 0 N–H and O–H groups in total. The van der Waals surface area contributed by atoms with Crippen LogP contribution in [0.2, 0.25) is 0 Å². The predicted octanol–water partition coefficient (Wildman–Crippen LogP) is 8.28. The summed E-state index contributed by atoms with van der Waals surface area (Å²) < 4.78 is 91.1. The molecule has 0 atom stereocenters. The van der Waals surface area contributed by atoms with Crippen molar-refractivity contribution in [3.8, 4) is 23.1 Å². The standard InChI is InChI=1S/C39H32F6N4O3/c1-38(2,3)52-37(51)48-18-16-47(17-19-48)36(50)27-7-4-6-25(20-27)11-10-24-12-14-26(15-13-24)35-29-8-5-9-31(39(43,44)45)34(29)46-49(35)23-30-32(41)21-28(40)22-33(30)42/h4-9,12-15,20-22H,16-19,23H2,1-3H3. The van der Waals surface area contributed by atoms with Gasteiger partial charge >= 0.3 is 12.3 Å². The van der Waals surface area contributed by atoms with Crippen LogP contribution in [0.4, 0.5) is 31.1 Å². The summed E-state index contributed by atoms with van der Waals surface area (Å²) in [6.07, 6.45) is -5.17. The minimum Gasteiger partial charge on any atom is -0.444 e. The number of rotatable bonds is 4. The molecule has 5 aromatic rings. The quantitative estimate of drug-likeness (QED) is 0.139. The normalized spacial score (nSPS) is 13.6. The number of fused-ring (bicyclic) bond motifs is 1. The van der Waals surface area contributed by atoms with Crippen molar-refractivity contribution >= 4 is 22.9 Å². The number of carbonyl (C=O) groups is 2. The van der Waals surface area contributed by atoms with Gasteiger partial charge in [-0.2, -0.15) is 18.3 Å². The molecule has 0 saturated carbocycles. The van der Waals surface area contributed by atoms with Gasteiger partial charge in [-0.1, -0.05) is 42.2 Å². The van der Waals surface area contributed by atoms with Crippen molar-refractivity contribution in [2.75, 3.05) is 26.2 Å². The average Bonchev–Trinajstić information content (AvgIpc) is 3.46. The number of aromatic nitrogens is 2. The van der Waals surface area contributed by atoms with Gasteiger partial charge in [-0.25, -0.2) is 18.0 Å². The third kappa shape index (κ3) is 7.91. The van der Waals surface area contributed by atoms with E-state index in [-0.39, 0.29) is 17.0 Å². The van der Waals surface area contributed by atoms with E-state index >= 15 is 0 Å². The van der Waals surface area contributed by atoms with Crippen LogP contribution < -0.4 is 0 Å². The van der Waals surface area contributed by atoms with Gasteiger partial charge in [-0.3, -0.25) is 9.48 Å². The maximum Gasteiger partial charge on any atom is 0.418 e. The molecule has 7 nitrogen and oxygen atoms in total. The number of hydrogen-bond donors (Lipinski definition) is 0. The molecule has 268 valence electrons. The molecule has 0 spiro atoms. The molecule has 1 fully saturated rings. The van der Waals surface area contributed by atoms with Crippen molar-refractivity contribution in [1.29, 1.82) is 0 Å². The zero-order chi connectivity index (χ0) is 37.4. The number of alkyl halides is 3. The third-order valence-electron chi connectivity index (χ3n) is 8.33. The summed E-state index contributed by atoms with van der Waals surface area (Å²) in [6, 6.07) is 17.8. The topological polar surface area (TPSA) is 67.7 Å². The summed E-state index contributed by atoms with van der Waals surface area (Å²) in [5.74, 6) is 2.32. The Morgan fingerprint density at radius 2 is 1.40 bits per heavy atom. The first-order chi connectivity index (χ1) is 24.6. The number of benzene rings is 4. The molecule has 0 bridgehead atoms. The Labute approximate surface area is 295 Å². The highest BCUT2D eigenvalue weighted by molar-refractivity contribution is 5.96. The maximum atomic E-state index is 14.6. The molecule has 1 aliphatic heterocycles. The van der Waals surface area contributed by atoms with Gasteiger partial charge in [0.2, 0.25) is 0 Å². The van der Waals surface area contributed by atoms with Gasteiger partial charge in [-0.05, 0) is 57.2 Å². The highest BCUT2D eigenvalue weighted by Crippen LogP contribution is 2.38. The summed E-state index contributed by atoms with van der Waals surface area (Å²) in [7, 11) is 0. The fourth-order valence-corrected chi connectivity index (χ4v) is 5.86. The number of hydrogen-bond acceptors (Lipinski definition) is 4. The van der Waals surface area contributed by atoms with E-state index in [0.717, 1.165) is 10.7 Å². The Hall–Kier alpha value is -5.77. The van der Waals surface area contributed by atoms with E-state index in [2.05, 4.69) is 16.9 Å². The lowest BCUT2D eigenvalue weighted by molar-refractivity contribution is -0.136. The van der Waals surface area contributed by atoms with E-state index in [9.17, 15) is 35.9 Å². The van der Waals surface area contributed by atoms with E-state index in [1.54, 1.807) is 79.1 Å². The van der Waals surface area contributed by atoms with Crippen molar-refractivity contribution in [3.63, 3.8) is 0 Å². The lowest BCUT2D eigenvalue weighted by atomic mass is 10.0. The molecule has 1 aliphatic rings. The zero-order valence-electron chi connectivity index (χ0n) is 28.3. The maximum absolute atomic E-state index is 14.6. The first-order valence-electron chi connectivity index (χ1n) is 16.3. The molecule has 2 heterocycles. The molecule has 4 aromatic carbocycles. The number of ether oxygens (including phenoxy) is 1. The van der Waals surface area contributed by atoms with E-state index < -0.39 is 58.5 Å². The van der Waals surface area contributed by atoms with Crippen molar-refractivity contribution < 1.29 is 40.7 Å². The second-order valence-corrected chi connectivity index (χ2v) is 13.2.